The number of rotatable bonds is 6. The Hall–Kier alpha value is -3.32. The third-order valence-electron chi connectivity index (χ3n) is 6.53. The summed E-state index contributed by atoms with van der Waals surface area (Å²) in [5.74, 6) is 0.275. The van der Waals surface area contributed by atoms with Crippen molar-refractivity contribution in [1.82, 2.24) is 20.2 Å². The quantitative estimate of drug-likeness (QED) is 0.644. The molecular formula is C25H26FN5O. The summed E-state index contributed by atoms with van der Waals surface area (Å²) in [7, 11) is 3.69. The maximum Gasteiger partial charge on any atom is 0.253 e. The Kier molecular flexibility index (Phi) is 5.13. The number of halogens is 1. The van der Waals surface area contributed by atoms with Gasteiger partial charge in [-0.25, -0.2) is 14.4 Å². The van der Waals surface area contributed by atoms with Crippen molar-refractivity contribution in [2.45, 2.75) is 18.3 Å². The third-order valence-corrected chi connectivity index (χ3v) is 6.53. The summed E-state index contributed by atoms with van der Waals surface area (Å²) in [5, 5.41) is 3.07. The molecule has 2 aromatic carbocycles. The predicted octanol–water partition coefficient (Wildman–Crippen LogP) is 3.76. The number of benzene rings is 2. The van der Waals surface area contributed by atoms with Crippen LogP contribution in [0.3, 0.4) is 0 Å². The Bertz CT molecular complexity index is 1160. The van der Waals surface area contributed by atoms with Crippen LogP contribution in [0.2, 0.25) is 0 Å². The Balaban J connectivity index is 1.46. The van der Waals surface area contributed by atoms with Crippen LogP contribution in [-0.4, -0.2) is 54.5 Å². The number of anilines is 2. The lowest BCUT2D eigenvalue weighted by molar-refractivity contribution is 0.0797. The number of amides is 1. The molecule has 32 heavy (non-hydrogen) atoms. The molecular weight excluding hydrogens is 405 g/mol. The topological polar surface area (TPSA) is 61.4 Å². The number of aromatic nitrogens is 2. The van der Waals surface area contributed by atoms with Crippen LogP contribution in [-0.2, 0) is 5.41 Å². The maximum absolute atomic E-state index is 14.1. The molecule has 164 valence electrons. The lowest BCUT2D eigenvalue weighted by Gasteiger charge is -2.20. The summed E-state index contributed by atoms with van der Waals surface area (Å²) in [6.07, 6.45) is 5.58. The Labute approximate surface area is 187 Å². The molecule has 1 spiro atoms. The molecule has 0 radical (unpaired) electrons. The zero-order valence-corrected chi connectivity index (χ0v) is 18.3. The van der Waals surface area contributed by atoms with Crippen LogP contribution in [0.5, 0.6) is 0 Å². The second-order valence-corrected chi connectivity index (χ2v) is 8.68. The molecule has 1 amide bonds. The summed E-state index contributed by atoms with van der Waals surface area (Å²) < 4.78 is 14.1. The summed E-state index contributed by atoms with van der Waals surface area (Å²) in [6, 6.07) is 12.6. The number of carbonyl (C=O) groups excluding carboxylic acids is 1. The van der Waals surface area contributed by atoms with Crippen LogP contribution in [0, 0.1) is 5.82 Å². The molecule has 0 unspecified atom stereocenters. The van der Waals surface area contributed by atoms with Crippen LogP contribution in [0.1, 0.15) is 28.8 Å². The van der Waals surface area contributed by atoms with Crippen molar-refractivity contribution < 1.29 is 9.18 Å². The van der Waals surface area contributed by atoms with Crippen LogP contribution >= 0.6 is 0 Å². The van der Waals surface area contributed by atoms with E-state index in [0.717, 1.165) is 31.6 Å². The van der Waals surface area contributed by atoms with Gasteiger partial charge in [-0.15, -0.1) is 0 Å². The molecule has 2 heterocycles. The Morgan fingerprint density at radius 2 is 1.94 bits per heavy atom. The van der Waals surface area contributed by atoms with Crippen molar-refractivity contribution >= 4 is 17.5 Å². The van der Waals surface area contributed by atoms with Crippen LogP contribution in [0.4, 0.5) is 16.0 Å². The number of hydrogen-bond donors (Lipinski definition) is 1. The van der Waals surface area contributed by atoms with E-state index in [0.29, 0.717) is 29.2 Å². The minimum absolute atomic E-state index is 0.00411. The first-order chi connectivity index (χ1) is 15.5. The highest BCUT2D eigenvalue weighted by molar-refractivity contribution is 5.96. The number of hydrogen-bond acceptors (Lipinski definition) is 5. The van der Waals surface area contributed by atoms with Gasteiger partial charge in [0, 0.05) is 66.9 Å². The van der Waals surface area contributed by atoms with Gasteiger partial charge in [-0.1, -0.05) is 24.3 Å². The number of likely N-dealkylation sites (N-methyl/N-ethyl adjacent to an activating group) is 2. The summed E-state index contributed by atoms with van der Waals surface area (Å²) >= 11 is 0. The minimum Gasteiger partial charge on any atom is -0.340 e. The fourth-order valence-electron chi connectivity index (χ4n) is 4.46. The highest BCUT2D eigenvalue weighted by Crippen LogP contribution is 2.57. The van der Waals surface area contributed by atoms with E-state index >= 15 is 0 Å². The molecule has 7 heteroatoms. The molecule has 5 rings (SSSR count). The summed E-state index contributed by atoms with van der Waals surface area (Å²) in [4.78, 5) is 25.9. The van der Waals surface area contributed by atoms with Crippen molar-refractivity contribution in [3.63, 3.8) is 0 Å². The Morgan fingerprint density at radius 1 is 1.19 bits per heavy atom. The lowest BCUT2D eigenvalue weighted by atomic mass is 9.97. The van der Waals surface area contributed by atoms with Gasteiger partial charge in [0.2, 0.25) is 5.95 Å². The zero-order chi connectivity index (χ0) is 22.3. The molecule has 0 atom stereocenters. The smallest absolute Gasteiger partial charge is 0.253 e. The van der Waals surface area contributed by atoms with E-state index in [-0.39, 0.29) is 17.1 Å². The second-order valence-electron chi connectivity index (χ2n) is 8.68. The van der Waals surface area contributed by atoms with Gasteiger partial charge in [-0.05, 0) is 43.7 Å². The van der Waals surface area contributed by atoms with Crippen LogP contribution < -0.4 is 10.2 Å². The average molecular weight is 432 g/mol. The van der Waals surface area contributed by atoms with E-state index in [1.807, 2.05) is 26.2 Å². The first kappa shape index (κ1) is 20.6. The SMILES string of the molecule is CNCCN(C)C(=O)c1ccc2c(c1)N(c1ncc(-c3ccccc3F)cn1)CC21CC1. The average Bonchev–Trinajstić information content (AvgIpc) is 3.53. The first-order valence-electron chi connectivity index (χ1n) is 10.9. The van der Waals surface area contributed by atoms with Gasteiger partial charge in [-0.3, -0.25) is 4.79 Å². The van der Waals surface area contributed by atoms with E-state index in [1.165, 1.54) is 11.6 Å². The molecule has 1 aliphatic carbocycles. The van der Waals surface area contributed by atoms with Gasteiger partial charge >= 0.3 is 0 Å². The number of nitrogens with zero attached hydrogens (tertiary/aromatic N) is 4. The van der Waals surface area contributed by atoms with Crippen molar-refractivity contribution in [3.8, 4) is 11.1 Å². The number of nitrogens with one attached hydrogen (secondary N) is 1. The first-order valence-corrected chi connectivity index (χ1v) is 10.9. The molecule has 0 saturated heterocycles. The molecule has 1 saturated carbocycles. The lowest BCUT2D eigenvalue weighted by Crippen LogP contribution is -2.32. The van der Waals surface area contributed by atoms with E-state index in [1.54, 1.807) is 35.5 Å². The third kappa shape index (κ3) is 3.52. The highest BCUT2D eigenvalue weighted by Gasteiger charge is 2.52. The molecule has 0 bridgehead atoms. The van der Waals surface area contributed by atoms with Crippen LogP contribution in [0.25, 0.3) is 11.1 Å². The summed E-state index contributed by atoms with van der Waals surface area (Å²) in [6.45, 7) is 2.18. The molecule has 2 aliphatic rings. The van der Waals surface area contributed by atoms with Crippen molar-refractivity contribution in [1.29, 1.82) is 0 Å². The largest absolute Gasteiger partial charge is 0.340 e. The molecule has 1 aromatic heterocycles. The number of fused-ring (bicyclic) bond motifs is 2. The van der Waals surface area contributed by atoms with Gasteiger partial charge in [0.1, 0.15) is 5.82 Å². The standard InChI is InChI=1S/C25H26FN5O/c1-27-11-12-30(2)23(32)17-7-8-20-22(13-17)31(16-25(20)9-10-25)24-28-14-18(15-29-24)19-5-3-4-6-21(19)26/h3-8,13-15,27H,9-12,16H2,1-2H3. The van der Waals surface area contributed by atoms with Crippen molar-refractivity contribution in [2.24, 2.45) is 0 Å². The van der Waals surface area contributed by atoms with Gasteiger partial charge in [0.05, 0.1) is 0 Å². The molecule has 3 aromatic rings. The van der Waals surface area contributed by atoms with Crippen molar-refractivity contribution in [3.05, 3.63) is 71.8 Å². The van der Waals surface area contributed by atoms with Gasteiger partial charge in [-0.2, -0.15) is 0 Å². The molecule has 1 fully saturated rings. The molecule has 6 nitrogen and oxygen atoms in total. The second kappa shape index (κ2) is 7.98. The minimum atomic E-state index is -0.294. The monoisotopic (exact) mass is 431 g/mol. The van der Waals surface area contributed by atoms with Gasteiger partial charge in [0.25, 0.3) is 5.91 Å². The highest BCUT2D eigenvalue weighted by atomic mass is 19.1. The fourth-order valence-corrected chi connectivity index (χ4v) is 4.46. The predicted molar refractivity (Wildman–Crippen MR) is 123 cm³/mol. The van der Waals surface area contributed by atoms with E-state index < -0.39 is 0 Å². The summed E-state index contributed by atoms with van der Waals surface area (Å²) in [5.41, 5.74) is 4.16. The number of carbonyl (C=O) groups is 1. The van der Waals surface area contributed by atoms with E-state index in [4.69, 9.17) is 0 Å². The van der Waals surface area contributed by atoms with Gasteiger partial charge < -0.3 is 15.1 Å². The fraction of sp³-hybridized carbons (Fsp3) is 0.320. The molecule has 1 aliphatic heterocycles. The Morgan fingerprint density at radius 3 is 2.62 bits per heavy atom. The van der Waals surface area contributed by atoms with Crippen molar-refractivity contribution in [2.75, 3.05) is 38.6 Å². The van der Waals surface area contributed by atoms with Crippen LogP contribution in [0.15, 0.2) is 54.9 Å². The zero-order valence-electron chi connectivity index (χ0n) is 18.3. The van der Waals surface area contributed by atoms with Gasteiger partial charge in [0.15, 0.2) is 0 Å². The normalized spacial score (nSPS) is 15.7. The molecule has 1 N–H and O–H groups in total. The maximum atomic E-state index is 14.1. The van der Waals surface area contributed by atoms with E-state index in [9.17, 15) is 9.18 Å². The van der Waals surface area contributed by atoms with E-state index in [2.05, 4.69) is 26.3 Å².